The standard InChI is InChI=1S/C12H13NO2/c14-12-13(9-10-15-12)8-4-7-11-5-2-1-3-6-11/h1-7H,8-10H2. The smallest absolute Gasteiger partial charge is 0.410 e. The maximum Gasteiger partial charge on any atom is 0.410 e. The van der Waals surface area contributed by atoms with Crippen molar-refractivity contribution in [3.63, 3.8) is 0 Å². The highest BCUT2D eigenvalue weighted by molar-refractivity contribution is 5.69. The number of ether oxygens (including phenoxy) is 1. The van der Waals surface area contributed by atoms with Gasteiger partial charge >= 0.3 is 6.09 Å². The van der Waals surface area contributed by atoms with Crippen molar-refractivity contribution in [1.82, 2.24) is 4.90 Å². The minimum atomic E-state index is -0.215. The van der Waals surface area contributed by atoms with E-state index in [2.05, 4.69) is 0 Å². The Morgan fingerprint density at radius 1 is 1.33 bits per heavy atom. The lowest BCUT2D eigenvalue weighted by Gasteiger charge is -2.07. The molecule has 0 N–H and O–H groups in total. The first-order valence-electron chi connectivity index (χ1n) is 4.99. The molecule has 0 spiro atoms. The number of hydrogen-bond donors (Lipinski definition) is 0. The summed E-state index contributed by atoms with van der Waals surface area (Å²) in [6, 6.07) is 10.0. The highest BCUT2D eigenvalue weighted by Gasteiger charge is 2.19. The molecule has 3 heteroatoms. The number of cyclic esters (lactones) is 1. The first kappa shape index (κ1) is 9.77. The number of carbonyl (C=O) groups excluding carboxylic acids is 1. The molecule has 1 aliphatic heterocycles. The van der Waals surface area contributed by atoms with Crippen LogP contribution in [0.4, 0.5) is 4.79 Å². The number of amides is 1. The molecule has 0 aliphatic carbocycles. The summed E-state index contributed by atoms with van der Waals surface area (Å²) in [6.45, 7) is 1.82. The van der Waals surface area contributed by atoms with Gasteiger partial charge in [-0.2, -0.15) is 0 Å². The Balaban J connectivity index is 1.88. The average Bonchev–Trinajstić information content (AvgIpc) is 2.66. The van der Waals surface area contributed by atoms with Crippen LogP contribution in [0.25, 0.3) is 6.08 Å². The van der Waals surface area contributed by atoms with E-state index in [1.54, 1.807) is 4.90 Å². The molecule has 15 heavy (non-hydrogen) atoms. The van der Waals surface area contributed by atoms with E-state index in [-0.39, 0.29) is 6.09 Å². The molecule has 0 unspecified atom stereocenters. The first-order valence-corrected chi connectivity index (χ1v) is 4.99. The van der Waals surface area contributed by atoms with E-state index < -0.39 is 0 Å². The van der Waals surface area contributed by atoms with E-state index in [4.69, 9.17) is 4.74 Å². The fourth-order valence-corrected chi connectivity index (χ4v) is 1.47. The molecule has 0 saturated carbocycles. The van der Waals surface area contributed by atoms with Gasteiger partial charge in [0.2, 0.25) is 0 Å². The predicted molar refractivity (Wildman–Crippen MR) is 58.4 cm³/mol. The summed E-state index contributed by atoms with van der Waals surface area (Å²) in [7, 11) is 0. The molecule has 1 aliphatic rings. The highest BCUT2D eigenvalue weighted by atomic mass is 16.6. The average molecular weight is 203 g/mol. The molecule has 0 atom stereocenters. The van der Waals surface area contributed by atoms with Crippen LogP contribution in [0, 0.1) is 0 Å². The predicted octanol–water partition coefficient (Wildman–Crippen LogP) is 2.15. The largest absolute Gasteiger partial charge is 0.448 e. The fraction of sp³-hybridized carbons (Fsp3) is 0.250. The zero-order chi connectivity index (χ0) is 10.5. The van der Waals surface area contributed by atoms with Gasteiger partial charge in [0.15, 0.2) is 0 Å². The van der Waals surface area contributed by atoms with Crippen molar-refractivity contribution in [2.24, 2.45) is 0 Å². The summed E-state index contributed by atoms with van der Waals surface area (Å²) in [5.74, 6) is 0. The van der Waals surface area contributed by atoms with Crippen molar-refractivity contribution in [3.05, 3.63) is 42.0 Å². The molecule has 2 rings (SSSR count). The van der Waals surface area contributed by atoms with Crippen LogP contribution in [-0.2, 0) is 4.74 Å². The number of carbonyl (C=O) groups is 1. The van der Waals surface area contributed by atoms with Gasteiger partial charge in [-0.15, -0.1) is 0 Å². The van der Waals surface area contributed by atoms with Crippen molar-refractivity contribution < 1.29 is 9.53 Å². The van der Waals surface area contributed by atoms with Crippen LogP contribution < -0.4 is 0 Å². The third kappa shape index (κ3) is 2.59. The van der Waals surface area contributed by atoms with Gasteiger partial charge in [-0.1, -0.05) is 42.5 Å². The minimum absolute atomic E-state index is 0.215. The summed E-state index contributed by atoms with van der Waals surface area (Å²) in [5, 5.41) is 0. The van der Waals surface area contributed by atoms with Gasteiger partial charge in [0.1, 0.15) is 6.61 Å². The Hall–Kier alpha value is -1.77. The van der Waals surface area contributed by atoms with E-state index >= 15 is 0 Å². The monoisotopic (exact) mass is 203 g/mol. The van der Waals surface area contributed by atoms with Crippen LogP contribution in [0.3, 0.4) is 0 Å². The second-order valence-electron chi connectivity index (χ2n) is 3.37. The molecule has 0 bridgehead atoms. The van der Waals surface area contributed by atoms with Gasteiger partial charge in [-0.25, -0.2) is 4.79 Å². The highest BCUT2D eigenvalue weighted by Crippen LogP contribution is 2.05. The van der Waals surface area contributed by atoms with Crippen LogP contribution in [0.2, 0.25) is 0 Å². The van der Waals surface area contributed by atoms with Crippen LogP contribution in [0.15, 0.2) is 36.4 Å². The van der Waals surface area contributed by atoms with E-state index in [9.17, 15) is 4.79 Å². The molecule has 1 saturated heterocycles. The Kier molecular flexibility index (Phi) is 3.02. The second kappa shape index (κ2) is 4.64. The summed E-state index contributed by atoms with van der Waals surface area (Å²) in [6.07, 6.45) is 3.76. The van der Waals surface area contributed by atoms with Gasteiger partial charge in [0, 0.05) is 6.54 Å². The molecule has 0 radical (unpaired) electrons. The van der Waals surface area contributed by atoms with Crippen LogP contribution in [-0.4, -0.2) is 30.7 Å². The second-order valence-corrected chi connectivity index (χ2v) is 3.37. The Bertz CT molecular complexity index is 359. The first-order chi connectivity index (χ1) is 7.36. The summed E-state index contributed by atoms with van der Waals surface area (Å²) in [4.78, 5) is 12.8. The number of hydrogen-bond acceptors (Lipinski definition) is 2. The molecule has 0 aromatic heterocycles. The lowest BCUT2D eigenvalue weighted by molar-refractivity contribution is 0.161. The van der Waals surface area contributed by atoms with Crippen molar-refractivity contribution in [2.45, 2.75) is 0 Å². The van der Waals surface area contributed by atoms with Gasteiger partial charge in [-0.3, -0.25) is 0 Å². The minimum Gasteiger partial charge on any atom is -0.448 e. The van der Waals surface area contributed by atoms with Crippen molar-refractivity contribution in [3.8, 4) is 0 Å². The molecular formula is C12H13NO2. The Labute approximate surface area is 89.0 Å². The van der Waals surface area contributed by atoms with Crippen LogP contribution in [0.1, 0.15) is 5.56 Å². The third-order valence-electron chi connectivity index (χ3n) is 2.28. The lowest BCUT2D eigenvalue weighted by atomic mass is 10.2. The van der Waals surface area contributed by atoms with E-state index in [1.165, 1.54) is 0 Å². The SMILES string of the molecule is O=C1OCCN1CC=Cc1ccccc1. The number of benzene rings is 1. The van der Waals surface area contributed by atoms with Crippen molar-refractivity contribution >= 4 is 12.2 Å². The molecule has 3 nitrogen and oxygen atoms in total. The zero-order valence-corrected chi connectivity index (χ0v) is 8.43. The van der Waals surface area contributed by atoms with Gasteiger partial charge < -0.3 is 9.64 Å². The van der Waals surface area contributed by atoms with Crippen LogP contribution >= 0.6 is 0 Å². The summed E-state index contributed by atoms with van der Waals surface area (Å²) < 4.78 is 4.82. The third-order valence-corrected chi connectivity index (χ3v) is 2.28. The van der Waals surface area contributed by atoms with Gasteiger partial charge in [0.05, 0.1) is 6.54 Å². The number of nitrogens with zero attached hydrogens (tertiary/aromatic N) is 1. The molecule has 1 aromatic carbocycles. The molecule has 78 valence electrons. The van der Waals surface area contributed by atoms with E-state index in [0.717, 1.165) is 5.56 Å². The van der Waals surface area contributed by atoms with E-state index in [0.29, 0.717) is 19.7 Å². The van der Waals surface area contributed by atoms with Crippen molar-refractivity contribution in [1.29, 1.82) is 0 Å². The zero-order valence-electron chi connectivity index (χ0n) is 8.43. The molecular weight excluding hydrogens is 190 g/mol. The van der Waals surface area contributed by atoms with Crippen molar-refractivity contribution in [2.75, 3.05) is 19.7 Å². The summed E-state index contributed by atoms with van der Waals surface area (Å²) in [5.41, 5.74) is 1.14. The Morgan fingerprint density at radius 3 is 2.80 bits per heavy atom. The molecule has 1 fully saturated rings. The maximum absolute atomic E-state index is 11.1. The quantitative estimate of drug-likeness (QED) is 0.753. The lowest BCUT2D eigenvalue weighted by Crippen LogP contribution is -2.23. The molecule has 1 amide bonds. The maximum atomic E-state index is 11.1. The topological polar surface area (TPSA) is 29.5 Å². The molecule has 1 heterocycles. The van der Waals surface area contributed by atoms with Gasteiger partial charge in [0.25, 0.3) is 0 Å². The Morgan fingerprint density at radius 2 is 2.13 bits per heavy atom. The molecule has 1 aromatic rings. The van der Waals surface area contributed by atoms with Crippen LogP contribution in [0.5, 0.6) is 0 Å². The summed E-state index contributed by atoms with van der Waals surface area (Å²) >= 11 is 0. The normalized spacial score (nSPS) is 16.0. The van der Waals surface area contributed by atoms with E-state index in [1.807, 2.05) is 42.5 Å². The van der Waals surface area contributed by atoms with Gasteiger partial charge in [-0.05, 0) is 5.56 Å². The number of rotatable bonds is 3. The fourth-order valence-electron chi connectivity index (χ4n) is 1.47.